The molecule has 5 nitrogen and oxygen atoms in total. The quantitative estimate of drug-likeness (QED) is 0.888. The molecule has 120 valence electrons. The summed E-state index contributed by atoms with van der Waals surface area (Å²) in [7, 11) is 0. The van der Waals surface area contributed by atoms with Gasteiger partial charge in [-0.2, -0.15) is 0 Å². The summed E-state index contributed by atoms with van der Waals surface area (Å²) in [4.78, 5) is 23.3. The third-order valence-corrected chi connectivity index (χ3v) is 3.01. The lowest BCUT2D eigenvalue weighted by Crippen LogP contribution is -2.31. The van der Waals surface area contributed by atoms with Gasteiger partial charge in [-0.25, -0.2) is 8.78 Å². The zero-order chi connectivity index (χ0) is 17.0. The van der Waals surface area contributed by atoms with Crippen molar-refractivity contribution in [1.29, 1.82) is 0 Å². The number of para-hydroxylation sites is 1. The number of nitrogens with two attached hydrogens (primary N) is 1. The minimum Gasteiger partial charge on any atom is -0.480 e. The molecule has 0 unspecified atom stereocenters. The zero-order valence-electron chi connectivity index (χ0n) is 12.2. The first-order valence-corrected chi connectivity index (χ1v) is 6.70. The Balaban J connectivity index is 2.10. The minimum atomic E-state index is -1.03. The highest BCUT2D eigenvalue weighted by molar-refractivity contribution is 5.96. The molecule has 3 N–H and O–H groups in total. The van der Waals surface area contributed by atoms with Crippen molar-refractivity contribution in [1.82, 2.24) is 0 Å². The Kier molecular flexibility index (Phi) is 4.90. The number of carbonyl (C=O) groups excluding carboxylic acids is 2. The van der Waals surface area contributed by atoms with Crippen LogP contribution in [0.5, 0.6) is 5.75 Å². The summed E-state index contributed by atoms with van der Waals surface area (Å²) in [6, 6.07) is 8.95. The fraction of sp³-hybridized carbons (Fsp3) is 0.125. The molecule has 0 aromatic heterocycles. The number of hydrogen-bond donors (Lipinski definition) is 2. The molecule has 0 saturated heterocycles. The van der Waals surface area contributed by atoms with Crippen LogP contribution in [0.3, 0.4) is 0 Å². The van der Waals surface area contributed by atoms with E-state index in [1.807, 2.05) is 0 Å². The van der Waals surface area contributed by atoms with Crippen molar-refractivity contribution in [3.8, 4) is 5.75 Å². The van der Waals surface area contributed by atoms with E-state index in [1.54, 1.807) is 12.1 Å². The molecule has 2 aromatic rings. The van der Waals surface area contributed by atoms with Crippen molar-refractivity contribution in [3.63, 3.8) is 0 Å². The van der Waals surface area contributed by atoms with Crippen LogP contribution in [0.15, 0.2) is 42.5 Å². The van der Waals surface area contributed by atoms with Gasteiger partial charge in [0.15, 0.2) is 6.10 Å². The van der Waals surface area contributed by atoms with Crippen LogP contribution < -0.4 is 15.8 Å². The largest absolute Gasteiger partial charge is 0.480 e. The second-order valence-corrected chi connectivity index (χ2v) is 4.73. The van der Waals surface area contributed by atoms with Gasteiger partial charge in [-0.1, -0.05) is 12.1 Å². The summed E-state index contributed by atoms with van der Waals surface area (Å²) in [5, 5.41) is 2.28. The molecule has 2 rings (SSSR count). The van der Waals surface area contributed by atoms with E-state index >= 15 is 0 Å². The van der Waals surface area contributed by atoms with Crippen LogP contribution in [0.25, 0.3) is 0 Å². The number of ether oxygens (including phenoxy) is 1. The van der Waals surface area contributed by atoms with E-state index in [-0.39, 0.29) is 17.0 Å². The van der Waals surface area contributed by atoms with Gasteiger partial charge in [0.05, 0.1) is 11.3 Å². The van der Waals surface area contributed by atoms with E-state index in [0.717, 1.165) is 12.1 Å². The van der Waals surface area contributed by atoms with Crippen molar-refractivity contribution in [2.45, 2.75) is 13.0 Å². The van der Waals surface area contributed by atoms with Crippen LogP contribution in [0.1, 0.15) is 17.3 Å². The average molecular weight is 320 g/mol. The summed E-state index contributed by atoms with van der Waals surface area (Å²) >= 11 is 0. The molecule has 2 aromatic carbocycles. The number of nitrogens with one attached hydrogen (secondary N) is 1. The van der Waals surface area contributed by atoms with Crippen LogP contribution in [-0.2, 0) is 4.79 Å². The maximum Gasteiger partial charge on any atom is 0.265 e. The van der Waals surface area contributed by atoms with E-state index in [4.69, 9.17) is 10.5 Å². The smallest absolute Gasteiger partial charge is 0.265 e. The van der Waals surface area contributed by atoms with Crippen LogP contribution in [-0.4, -0.2) is 17.9 Å². The van der Waals surface area contributed by atoms with Crippen LogP contribution in [0.4, 0.5) is 14.5 Å². The van der Waals surface area contributed by atoms with Crippen molar-refractivity contribution < 1.29 is 23.1 Å². The first-order chi connectivity index (χ1) is 10.9. The van der Waals surface area contributed by atoms with E-state index in [2.05, 4.69) is 5.32 Å². The highest BCUT2D eigenvalue weighted by Crippen LogP contribution is 2.20. The number of primary amides is 1. The SMILES string of the molecule is C[C@@H](Oc1ccccc1C(N)=O)C(=O)Nc1ccc(F)cc1F. The number of hydrogen-bond acceptors (Lipinski definition) is 3. The maximum absolute atomic E-state index is 13.5. The van der Waals surface area contributed by atoms with Gasteiger partial charge in [0.2, 0.25) is 0 Å². The normalized spacial score (nSPS) is 11.6. The molecule has 23 heavy (non-hydrogen) atoms. The lowest BCUT2D eigenvalue weighted by molar-refractivity contribution is -0.122. The fourth-order valence-corrected chi connectivity index (χ4v) is 1.84. The molecular weight excluding hydrogens is 306 g/mol. The van der Waals surface area contributed by atoms with Crippen LogP contribution in [0, 0.1) is 11.6 Å². The molecular formula is C16H14F2N2O3. The van der Waals surface area contributed by atoms with E-state index in [1.165, 1.54) is 19.1 Å². The van der Waals surface area contributed by atoms with E-state index < -0.39 is 29.6 Å². The topological polar surface area (TPSA) is 81.4 Å². The third-order valence-electron chi connectivity index (χ3n) is 3.01. The standard InChI is InChI=1S/C16H14F2N2O3/c1-9(23-14-5-3-2-4-11(14)15(19)21)16(22)20-13-7-6-10(17)8-12(13)18/h2-9H,1H3,(H2,19,21)(H,20,22)/t9-/m1/s1. The lowest BCUT2D eigenvalue weighted by atomic mass is 10.2. The Bertz CT molecular complexity index is 750. The lowest BCUT2D eigenvalue weighted by Gasteiger charge is -2.16. The molecule has 0 spiro atoms. The molecule has 0 bridgehead atoms. The summed E-state index contributed by atoms with van der Waals surface area (Å²) in [5.74, 6) is -2.86. The maximum atomic E-state index is 13.5. The predicted octanol–water partition coefficient (Wildman–Crippen LogP) is 2.47. The highest BCUT2D eigenvalue weighted by atomic mass is 19.1. The molecule has 0 aliphatic heterocycles. The number of anilines is 1. The van der Waals surface area contributed by atoms with Gasteiger partial charge >= 0.3 is 0 Å². The molecule has 0 heterocycles. The summed E-state index contributed by atoms with van der Waals surface area (Å²) < 4.78 is 31.7. The number of carbonyl (C=O) groups is 2. The van der Waals surface area contributed by atoms with Gasteiger partial charge < -0.3 is 15.8 Å². The monoisotopic (exact) mass is 320 g/mol. The summed E-state index contributed by atoms with van der Waals surface area (Å²) in [6.07, 6.45) is -1.03. The van der Waals surface area contributed by atoms with Crippen molar-refractivity contribution >= 4 is 17.5 Å². The van der Waals surface area contributed by atoms with Gasteiger partial charge in [-0.15, -0.1) is 0 Å². The number of amides is 2. The molecule has 2 amide bonds. The van der Waals surface area contributed by atoms with Gasteiger partial charge in [0, 0.05) is 6.07 Å². The number of rotatable bonds is 5. The molecule has 0 fully saturated rings. The van der Waals surface area contributed by atoms with Gasteiger partial charge in [-0.3, -0.25) is 9.59 Å². The average Bonchev–Trinajstić information content (AvgIpc) is 2.50. The Morgan fingerprint density at radius 3 is 2.52 bits per heavy atom. The van der Waals surface area contributed by atoms with Crippen LogP contribution in [0.2, 0.25) is 0 Å². The molecule has 0 saturated carbocycles. The van der Waals surface area contributed by atoms with Crippen molar-refractivity contribution in [3.05, 3.63) is 59.7 Å². The first-order valence-electron chi connectivity index (χ1n) is 6.70. The fourth-order valence-electron chi connectivity index (χ4n) is 1.84. The molecule has 0 radical (unpaired) electrons. The van der Waals surface area contributed by atoms with Crippen molar-refractivity contribution in [2.24, 2.45) is 5.73 Å². The van der Waals surface area contributed by atoms with E-state index in [0.29, 0.717) is 6.07 Å². The Morgan fingerprint density at radius 2 is 1.87 bits per heavy atom. The summed E-state index contributed by atoms with van der Waals surface area (Å²) in [6.45, 7) is 1.43. The van der Waals surface area contributed by atoms with Gasteiger partial charge in [-0.05, 0) is 31.2 Å². The zero-order valence-corrected chi connectivity index (χ0v) is 12.2. The second kappa shape index (κ2) is 6.87. The highest BCUT2D eigenvalue weighted by Gasteiger charge is 2.19. The molecule has 1 atom stereocenters. The van der Waals surface area contributed by atoms with Gasteiger partial charge in [0.25, 0.3) is 11.8 Å². The Labute approximate surface area is 131 Å². The third kappa shape index (κ3) is 4.03. The Morgan fingerprint density at radius 1 is 1.17 bits per heavy atom. The Hall–Kier alpha value is -2.96. The molecule has 0 aliphatic carbocycles. The number of halogens is 2. The van der Waals surface area contributed by atoms with E-state index in [9.17, 15) is 18.4 Å². The first kappa shape index (κ1) is 16.4. The molecule has 0 aliphatic rings. The predicted molar refractivity (Wildman–Crippen MR) is 80.0 cm³/mol. The van der Waals surface area contributed by atoms with Crippen molar-refractivity contribution in [2.75, 3.05) is 5.32 Å². The van der Waals surface area contributed by atoms with Gasteiger partial charge in [0.1, 0.15) is 17.4 Å². The van der Waals surface area contributed by atoms with Crippen LogP contribution >= 0.6 is 0 Å². The number of benzene rings is 2. The molecule has 7 heteroatoms. The second-order valence-electron chi connectivity index (χ2n) is 4.73. The summed E-state index contributed by atoms with van der Waals surface area (Å²) in [5.41, 5.74) is 5.17. The minimum absolute atomic E-state index is 0.125.